The highest BCUT2D eigenvalue weighted by molar-refractivity contribution is 9.10. The molecule has 1 amide bonds. The molecule has 6 nitrogen and oxygen atoms in total. The molecule has 0 radical (unpaired) electrons. The molecule has 0 bridgehead atoms. The van der Waals surface area contributed by atoms with Crippen molar-refractivity contribution in [1.29, 1.82) is 0 Å². The van der Waals surface area contributed by atoms with Gasteiger partial charge in [-0.05, 0) is 40.1 Å². The van der Waals surface area contributed by atoms with Crippen molar-refractivity contribution in [2.24, 2.45) is 0 Å². The number of amides is 1. The van der Waals surface area contributed by atoms with Crippen LogP contribution in [0.15, 0.2) is 22.8 Å². The highest BCUT2D eigenvalue weighted by Crippen LogP contribution is 2.23. The molecule has 0 atom stereocenters. The third kappa shape index (κ3) is 3.25. The number of imidazole rings is 1. The predicted molar refractivity (Wildman–Crippen MR) is 83.4 cm³/mol. The first-order valence-corrected chi connectivity index (χ1v) is 8.17. The summed E-state index contributed by atoms with van der Waals surface area (Å²) in [4.78, 5) is 15.6. The van der Waals surface area contributed by atoms with Crippen LogP contribution in [-0.2, 0) is 11.2 Å². The van der Waals surface area contributed by atoms with Crippen molar-refractivity contribution in [3.63, 3.8) is 0 Å². The number of halogens is 1. The minimum atomic E-state index is -0.503. The van der Waals surface area contributed by atoms with Gasteiger partial charge in [0.25, 0.3) is 5.91 Å². The lowest BCUT2D eigenvalue weighted by atomic mass is 10.3. The molecule has 108 valence electrons. The summed E-state index contributed by atoms with van der Waals surface area (Å²) in [5.74, 6) is 1.11. The number of nitrogens with one attached hydrogen (secondary N) is 2. The number of fused-ring (bicyclic) bond motifs is 1. The molecule has 0 fully saturated rings. The largest absolute Gasteiger partial charge is 0.359 e. The number of thioether (sulfide) groups is 1. The molecule has 0 unspecified atom stereocenters. The van der Waals surface area contributed by atoms with E-state index in [0.717, 1.165) is 28.1 Å². The Morgan fingerprint density at radius 3 is 3.05 bits per heavy atom. The van der Waals surface area contributed by atoms with Gasteiger partial charge >= 0.3 is 0 Å². The number of nitrogens with zero attached hydrogens (tertiary/aromatic N) is 2. The molecule has 0 aliphatic carbocycles. The minimum Gasteiger partial charge on any atom is -0.359 e. The number of carbonyl (C=O) groups excluding carboxylic acids is 1. The fraction of sp³-hybridized carbons (Fsp3) is 0.333. The van der Waals surface area contributed by atoms with E-state index < -0.39 is 5.91 Å². The van der Waals surface area contributed by atoms with Gasteiger partial charge in [-0.15, -0.1) is 0 Å². The number of aryl methyl sites for hydroxylation is 1. The molecule has 0 aromatic carbocycles. The van der Waals surface area contributed by atoms with Crippen molar-refractivity contribution in [3.8, 4) is 0 Å². The summed E-state index contributed by atoms with van der Waals surface area (Å²) in [6, 6.07) is 5.76. The maximum absolute atomic E-state index is 11.1. The van der Waals surface area contributed by atoms with Crippen molar-refractivity contribution >= 4 is 45.1 Å². The number of rotatable bonds is 6. The first-order chi connectivity index (χ1) is 9.67. The van der Waals surface area contributed by atoms with Crippen LogP contribution in [0.25, 0.3) is 5.65 Å². The topological polar surface area (TPSA) is 78.7 Å². The molecule has 2 aromatic heterocycles. The number of aromatic nitrogens is 2. The van der Waals surface area contributed by atoms with E-state index in [1.54, 1.807) is 17.2 Å². The van der Waals surface area contributed by atoms with Gasteiger partial charge in [-0.1, -0.05) is 6.07 Å². The number of hydrogen-bond acceptors (Lipinski definition) is 5. The molecule has 20 heavy (non-hydrogen) atoms. The van der Waals surface area contributed by atoms with Gasteiger partial charge in [0.05, 0.1) is 16.8 Å². The standard InChI is InChI=1S/C12H15BrN4O2S/c1-20-6-5-8-12(14-7-11(18)16-19)15-10-4-2-3-9(13)17(8)10/h2-4,14,19H,5-7H2,1H3,(H,16,18). The zero-order valence-electron chi connectivity index (χ0n) is 10.9. The Kier molecular flexibility index (Phi) is 5.27. The van der Waals surface area contributed by atoms with E-state index in [9.17, 15) is 4.79 Å². The Morgan fingerprint density at radius 2 is 2.35 bits per heavy atom. The minimum absolute atomic E-state index is 0.0235. The lowest BCUT2D eigenvalue weighted by Crippen LogP contribution is -2.27. The monoisotopic (exact) mass is 358 g/mol. The van der Waals surface area contributed by atoms with Crippen LogP contribution in [0.1, 0.15) is 5.69 Å². The van der Waals surface area contributed by atoms with Crippen LogP contribution in [0.3, 0.4) is 0 Å². The molecular formula is C12H15BrN4O2S. The Labute approximate surface area is 129 Å². The van der Waals surface area contributed by atoms with E-state index in [1.807, 2.05) is 28.9 Å². The van der Waals surface area contributed by atoms with Crippen LogP contribution in [0.4, 0.5) is 5.82 Å². The van der Waals surface area contributed by atoms with E-state index in [2.05, 4.69) is 26.2 Å². The zero-order chi connectivity index (χ0) is 14.5. The molecule has 0 saturated heterocycles. The molecule has 3 N–H and O–H groups in total. The first-order valence-electron chi connectivity index (χ1n) is 5.99. The number of anilines is 1. The van der Waals surface area contributed by atoms with Crippen molar-refractivity contribution < 1.29 is 10.0 Å². The normalized spacial score (nSPS) is 10.8. The summed E-state index contributed by atoms with van der Waals surface area (Å²) in [7, 11) is 0. The second-order valence-corrected chi connectivity index (χ2v) is 5.88. The molecule has 2 aromatic rings. The van der Waals surface area contributed by atoms with Gasteiger partial charge < -0.3 is 5.32 Å². The lowest BCUT2D eigenvalue weighted by molar-refractivity contribution is -0.127. The van der Waals surface area contributed by atoms with Gasteiger partial charge in [0.1, 0.15) is 11.5 Å². The summed E-state index contributed by atoms with van der Waals surface area (Å²) in [5, 5.41) is 11.5. The Hall–Kier alpha value is -1.25. The van der Waals surface area contributed by atoms with Crippen LogP contribution in [0.2, 0.25) is 0 Å². The van der Waals surface area contributed by atoms with Gasteiger partial charge in [-0.25, -0.2) is 10.5 Å². The number of hydrogen-bond donors (Lipinski definition) is 3. The maximum Gasteiger partial charge on any atom is 0.262 e. The van der Waals surface area contributed by atoms with Gasteiger partial charge in [-0.3, -0.25) is 14.4 Å². The van der Waals surface area contributed by atoms with E-state index >= 15 is 0 Å². The van der Waals surface area contributed by atoms with E-state index in [1.165, 1.54) is 0 Å². The summed E-state index contributed by atoms with van der Waals surface area (Å²) in [5.41, 5.74) is 3.41. The second-order valence-electron chi connectivity index (χ2n) is 4.08. The van der Waals surface area contributed by atoms with Gasteiger partial charge in [0, 0.05) is 6.42 Å². The quantitative estimate of drug-likeness (QED) is 0.417. The van der Waals surface area contributed by atoms with Crippen LogP contribution in [0, 0.1) is 0 Å². The molecular weight excluding hydrogens is 344 g/mol. The third-order valence-corrected chi connectivity index (χ3v) is 4.01. The summed E-state index contributed by atoms with van der Waals surface area (Å²) >= 11 is 5.26. The van der Waals surface area contributed by atoms with Gasteiger partial charge in [0.2, 0.25) is 0 Å². The van der Waals surface area contributed by atoms with E-state index in [4.69, 9.17) is 5.21 Å². The van der Waals surface area contributed by atoms with Crippen LogP contribution < -0.4 is 10.8 Å². The first kappa shape index (κ1) is 15.1. The fourth-order valence-electron chi connectivity index (χ4n) is 1.89. The molecule has 0 spiro atoms. The summed E-state index contributed by atoms with van der Waals surface area (Å²) < 4.78 is 2.92. The highest BCUT2D eigenvalue weighted by atomic mass is 79.9. The number of pyridine rings is 1. The highest BCUT2D eigenvalue weighted by Gasteiger charge is 2.14. The van der Waals surface area contributed by atoms with E-state index in [0.29, 0.717) is 5.82 Å². The SMILES string of the molecule is CSCCc1c(NCC(=O)NO)nc2cccc(Br)n12. The van der Waals surface area contributed by atoms with Crippen molar-refractivity contribution in [1.82, 2.24) is 14.9 Å². The summed E-state index contributed by atoms with van der Waals surface area (Å²) in [6.45, 7) is -0.0235. The second kappa shape index (κ2) is 6.96. The van der Waals surface area contributed by atoms with Crippen LogP contribution in [-0.4, -0.2) is 39.1 Å². The lowest BCUT2D eigenvalue weighted by Gasteiger charge is -2.07. The van der Waals surface area contributed by atoms with Gasteiger partial charge in [-0.2, -0.15) is 11.8 Å². The molecule has 0 saturated carbocycles. The Morgan fingerprint density at radius 1 is 1.55 bits per heavy atom. The van der Waals surface area contributed by atoms with Gasteiger partial charge in [0.15, 0.2) is 0 Å². The van der Waals surface area contributed by atoms with Crippen molar-refractivity contribution in [2.45, 2.75) is 6.42 Å². The van der Waals surface area contributed by atoms with Crippen molar-refractivity contribution in [2.75, 3.05) is 23.9 Å². The average Bonchev–Trinajstić information content (AvgIpc) is 2.81. The molecule has 8 heteroatoms. The molecule has 0 aliphatic heterocycles. The number of hydroxylamine groups is 1. The maximum atomic E-state index is 11.1. The van der Waals surface area contributed by atoms with Crippen molar-refractivity contribution in [3.05, 3.63) is 28.5 Å². The zero-order valence-corrected chi connectivity index (χ0v) is 13.3. The van der Waals surface area contributed by atoms with E-state index in [-0.39, 0.29) is 6.54 Å². The average molecular weight is 359 g/mol. The summed E-state index contributed by atoms with van der Waals surface area (Å²) in [6.07, 6.45) is 2.87. The van der Waals surface area contributed by atoms with Crippen LogP contribution in [0.5, 0.6) is 0 Å². The third-order valence-electron chi connectivity index (χ3n) is 2.78. The predicted octanol–water partition coefficient (Wildman–Crippen LogP) is 1.92. The van der Waals surface area contributed by atoms with Crippen LogP contribution >= 0.6 is 27.7 Å². The molecule has 0 aliphatic rings. The Balaban J connectivity index is 2.36. The molecule has 2 heterocycles. The molecule has 2 rings (SSSR count). The smallest absolute Gasteiger partial charge is 0.262 e. The fourth-order valence-corrected chi connectivity index (χ4v) is 2.83. The Bertz CT molecular complexity index is 617. The number of carbonyl (C=O) groups is 1.